The van der Waals surface area contributed by atoms with Crippen LogP contribution >= 0.6 is 0 Å². The average molecular weight is 433 g/mol. The fraction of sp³-hybridized carbons (Fsp3) is 0.478. The SMILES string of the molecule is CC(C)(O)CCOc1cc2c(cc1C(F)F)-c1cc(=O)c(C(=O)O)cn1C1(CCC1)C2. The highest BCUT2D eigenvalue weighted by Gasteiger charge is 2.44. The summed E-state index contributed by atoms with van der Waals surface area (Å²) < 4.78 is 35.1. The molecule has 4 rings (SSSR count). The van der Waals surface area contributed by atoms with Crippen LogP contribution in [0.3, 0.4) is 0 Å². The number of fused-ring (bicyclic) bond motifs is 4. The molecule has 1 aromatic heterocycles. The van der Waals surface area contributed by atoms with Crippen molar-refractivity contribution in [2.75, 3.05) is 6.61 Å². The lowest BCUT2D eigenvalue weighted by atomic mass is 9.69. The third-order valence-electron chi connectivity index (χ3n) is 6.31. The number of rotatable bonds is 6. The van der Waals surface area contributed by atoms with Gasteiger partial charge in [0.25, 0.3) is 6.43 Å². The quantitative estimate of drug-likeness (QED) is 0.715. The van der Waals surface area contributed by atoms with Crippen molar-refractivity contribution in [3.63, 3.8) is 0 Å². The summed E-state index contributed by atoms with van der Waals surface area (Å²) in [6, 6.07) is 4.20. The number of carboxylic acids is 1. The van der Waals surface area contributed by atoms with Gasteiger partial charge in [-0.05, 0) is 57.2 Å². The molecular formula is C23H25F2NO5. The number of hydrogen-bond donors (Lipinski definition) is 2. The summed E-state index contributed by atoms with van der Waals surface area (Å²) in [6.45, 7) is 3.33. The van der Waals surface area contributed by atoms with Crippen molar-refractivity contribution in [3.05, 3.63) is 51.3 Å². The Kier molecular flexibility index (Phi) is 5.16. The summed E-state index contributed by atoms with van der Waals surface area (Å²) in [5.74, 6) is -1.23. The first-order valence-electron chi connectivity index (χ1n) is 10.3. The normalized spacial score (nSPS) is 16.6. The molecule has 0 radical (unpaired) electrons. The van der Waals surface area contributed by atoms with Crippen LogP contribution in [0.1, 0.15) is 67.4 Å². The molecule has 2 N–H and O–H groups in total. The van der Waals surface area contributed by atoms with Gasteiger partial charge in [-0.1, -0.05) is 0 Å². The zero-order valence-electron chi connectivity index (χ0n) is 17.5. The van der Waals surface area contributed by atoms with Crippen LogP contribution in [0.15, 0.2) is 29.2 Å². The van der Waals surface area contributed by atoms with Gasteiger partial charge in [-0.15, -0.1) is 0 Å². The number of aromatic carboxylic acids is 1. The Labute approximate surface area is 178 Å². The molecule has 2 heterocycles. The van der Waals surface area contributed by atoms with Crippen LogP contribution in [-0.4, -0.2) is 33.0 Å². The summed E-state index contributed by atoms with van der Waals surface area (Å²) >= 11 is 0. The lowest BCUT2D eigenvalue weighted by molar-refractivity contribution is 0.0544. The van der Waals surface area contributed by atoms with Crippen molar-refractivity contribution in [1.29, 1.82) is 0 Å². The monoisotopic (exact) mass is 433 g/mol. The predicted molar refractivity (Wildman–Crippen MR) is 110 cm³/mol. The van der Waals surface area contributed by atoms with Crippen LogP contribution in [0.5, 0.6) is 5.75 Å². The number of aromatic nitrogens is 1. The minimum Gasteiger partial charge on any atom is -0.493 e. The lowest BCUT2D eigenvalue weighted by Gasteiger charge is -2.48. The number of alkyl halides is 2. The largest absolute Gasteiger partial charge is 0.493 e. The first kappa shape index (κ1) is 21.5. The van der Waals surface area contributed by atoms with Crippen molar-refractivity contribution in [2.24, 2.45) is 0 Å². The summed E-state index contributed by atoms with van der Waals surface area (Å²) in [6.07, 6.45) is 1.99. The Bertz CT molecular complexity index is 1100. The molecule has 1 aromatic carbocycles. The van der Waals surface area contributed by atoms with Crippen LogP contribution in [0, 0.1) is 0 Å². The van der Waals surface area contributed by atoms with E-state index in [1.54, 1.807) is 24.5 Å². The van der Waals surface area contributed by atoms with Crippen LogP contribution in [0.4, 0.5) is 8.78 Å². The van der Waals surface area contributed by atoms with E-state index in [2.05, 4.69) is 0 Å². The Morgan fingerprint density at radius 1 is 1.29 bits per heavy atom. The van der Waals surface area contributed by atoms with E-state index in [0.717, 1.165) is 24.8 Å². The number of hydrogen-bond acceptors (Lipinski definition) is 4. The molecule has 2 aromatic rings. The van der Waals surface area contributed by atoms with E-state index in [1.165, 1.54) is 18.3 Å². The second-order valence-electron chi connectivity index (χ2n) is 9.13. The summed E-state index contributed by atoms with van der Waals surface area (Å²) in [7, 11) is 0. The Balaban J connectivity index is 1.83. The zero-order valence-corrected chi connectivity index (χ0v) is 17.5. The average Bonchev–Trinajstić information content (AvgIpc) is 2.63. The number of carboxylic acid groups (broad SMARTS) is 1. The topological polar surface area (TPSA) is 88.8 Å². The smallest absolute Gasteiger partial charge is 0.341 e. The van der Waals surface area contributed by atoms with E-state index in [4.69, 9.17) is 4.74 Å². The molecule has 2 aliphatic rings. The van der Waals surface area contributed by atoms with Crippen LogP contribution < -0.4 is 10.2 Å². The van der Waals surface area contributed by atoms with Gasteiger partial charge in [0.2, 0.25) is 0 Å². The van der Waals surface area contributed by atoms with Crippen molar-refractivity contribution in [3.8, 4) is 17.0 Å². The third kappa shape index (κ3) is 3.84. The second kappa shape index (κ2) is 7.44. The third-order valence-corrected chi connectivity index (χ3v) is 6.31. The van der Waals surface area contributed by atoms with Crippen LogP contribution in [-0.2, 0) is 12.0 Å². The van der Waals surface area contributed by atoms with Crippen molar-refractivity contribution in [2.45, 2.75) is 63.5 Å². The van der Waals surface area contributed by atoms with Crippen LogP contribution in [0.2, 0.25) is 0 Å². The van der Waals surface area contributed by atoms with Gasteiger partial charge in [0, 0.05) is 29.8 Å². The van der Waals surface area contributed by atoms with Gasteiger partial charge in [-0.2, -0.15) is 0 Å². The fourth-order valence-electron chi connectivity index (χ4n) is 4.47. The molecule has 8 heteroatoms. The minimum atomic E-state index is -2.79. The number of halogens is 2. The summed E-state index contributed by atoms with van der Waals surface area (Å²) in [5, 5.41) is 19.2. The van der Waals surface area contributed by atoms with Gasteiger partial charge in [-0.25, -0.2) is 13.6 Å². The highest BCUT2D eigenvalue weighted by atomic mass is 19.3. The maximum atomic E-state index is 13.8. The Morgan fingerprint density at radius 2 is 2.00 bits per heavy atom. The number of pyridine rings is 1. The molecular weight excluding hydrogens is 408 g/mol. The maximum absolute atomic E-state index is 13.8. The zero-order chi connectivity index (χ0) is 22.6. The van der Waals surface area contributed by atoms with E-state index in [0.29, 0.717) is 17.7 Å². The van der Waals surface area contributed by atoms with Crippen molar-refractivity contribution >= 4 is 5.97 Å². The molecule has 6 nitrogen and oxygen atoms in total. The summed E-state index contributed by atoms with van der Waals surface area (Å²) in [4.78, 5) is 23.9. The van der Waals surface area contributed by atoms with E-state index < -0.39 is 23.4 Å². The van der Waals surface area contributed by atoms with Gasteiger partial charge in [0.1, 0.15) is 11.3 Å². The van der Waals surface area contributed by atoms with Gasteiger partial charge >= 0.3 is 5.97 Å². The first-order chi connectivity index (χ1) is 14.5. The molecule has 31 heavy (non-hydrogen) atoms. The molecule has 0 unspecified atom stereocenters. The summed E-state index contributed by atoms with van der Waals surface area (Å²) in [5.41, 5.74) is -0.847. The first-order valence-corrected chi connectivity index (χ1v) is 10.3. The van der Waals surface area contributed by atoms with Gasteiger partial charge in [0.15, 0.2) is 5.43 Å². The molecule has 0 atom stereocenters. The van der Waals surface area contributed by atoms with E-state index in [-0.39, 0.29) is 35.4 Å². The standard InChI is InChI=1S/C23H25F2NO5/c1-22(2,30)6-7-31-19-8-13-11-23(4-3-5-23)26-12-16(21(28)29)18(27)10-17(26)14(13)9-15(19)20(24)25/h8-10,12,20,30H,3-7,11H2,1-2H3,(H,28,29). The molecule has 0 bridgehead atoms. The fourth-order valence-corrected chi connectivity index (χ4v) is 4.47. The van der Waals surface area contributed by atoms with E-state index in [1.807, 2.05) is 0 Å². The second-order valence-corrected chi connectivity index (χ2v) is 9.13. The minimum absolute atomic E-state index is 0.0745. The molecule has 1 fully saturated rings. The van der Waals surface area contributed by atoms with Crippen molar-refractivity contribution < 1.29 is 28.5 Å². The molecule has 1 aliphatic heterocycles. The van der Waals surface area contributed by atoms with E-state index in [9.17, 15) is 28.6 Å². The highest BCUT2D eigenvalue weighted by Crippen LogP contribution is 2.50. The van der Waals surface area contributed by atoms with E-state index >= 15 is 0 Å². The Hall–Kier alpha value is -2.74. The van der Waals surface area contributed by atoms with Crippen molar-refractivity contribution in [1.82, 2.24) is 4.57 Å². The van der Waals surface area contributed by atoms with Crippen LogP contribution in [0.25, 0.3) is 11.3 Å². The molecule has 0 amide bonds. The predicted octanol–water partition coefficient (Wildman–Crippen LogP) is 4.13. The molecule has 1 saturated carbocycles. The van der Waals surface area contributed by atoms with Gasteiger partial charge < -0.3 is 19.5 Å². The number of carbonyl (C=O) groups is 1. The number of aliphatic hydroxyl groups is 1. The molecule has 166 valence electrons. The molecule has 1 aliphatic carbocycles. The number of benzene rings is 1. The number of ether oxygens (including phenoxy) is 1. The van der Waals surface area contributed by atoms with Gasteiger partial charge in [-0.3, -0.25) is 4.79 Å². The number of nitrogens with zero attached hydrogens (tertiary/aromatic N) is 1. The molecule has 0 saturated heterocycles. The maximum Gasteiger partial charge on any atom is 0.341 e. The van der Waals surface area contributed by atoms with Gasteiger partial charge in [0.05, 0.1) is 23.5 Å². The molecule has 1 spiro atoms. The highest BCUT2D eigenvalue weighted by molar-refractivity contribution is 5.88. The lowest BCUT2D eigenvalue weighted by Crippen LogP contribution is -2.46. The Morgan fingerprint density at radius 3 is 2.55 bits per heavy atom.